The molecule has 0 aromatic carbocycles. The molecule has 0 aliphatic carbocycles. The van der Waals surface area contributed by atoms with Crippen LogP contribution in [0, 0.1) is 0 Å². The van der Waals surface area contributed by atoms with Crippen LogP contribution in [0.5, 0.6) is 0 Å². The molecule has 0 saturated heterocycles. The van der Waals surface area contributed by atoms with Crippen LogP contribution < -0.4 is 0 Å². The lowest BCUT2D eigenvalue weighted by molar-refractivity contribution is 0.970. The summed E-state index contributed by atoms with van der Waals surface area (Å²) in [4.78, 5) is 14.7. The Bertz CT molecular complexity index is 461. The quantitative estimate of drug-likeness (QED) is 0.533. The van der Waals surface area contributed by atoms with Crippen LogP contribution >= 0.6 is 58.0 Å². The van der Waals surface area contributed by atoms with Crippen LogP contribution in [-0.4, -0.2) is 19.9 Å². The first-order chi connectivity index (χ1) is 8.41. The SMILES string of the molecule is Clc1cnc(C(Cl)(Cl)Cl)nc1Cl.c1cncnc1. The van der Waals surface area contributed by atoms with E-state index in [9.17, 15) is 0 Å². The minimum atomic E-state index is -1.67. The minimum absolute atomic E-state index is 0.00176. The van der Waals surface area contributed by atoms with E-state index in [1.807, 2.05) is 0 Å². The molecule has 0 saturated carbocycles. The Morgan fingerprint density at radius 2 is 1.61 bits per heavy atom. The molecule has 2 rings (SSSR count). The maximum Gasteiger partial charge on any atom is 0.250 e. The van der Waals surface area contributed by atoms with Crippen LogP contribution in [0.15, 0.2) is 31.0 Å². The highest BCUT2D eigenvalue weighted by Gasteiger charge is 2.27. The molecular formula is C9H5Cl5N4. The first-order valence-corrected chi connectivity index (χ1v) is 6.25. The van der Waals surface area contributed by atoms with Gasteiger partial charge in [0, 0.05) is 12.4 Å². The summed E-state index contributed by atoms with van der Waals surface area (Å²) in [6.07, 6.45) is 6.15. The second-order valence-corrected chi connectivity index (χ2v) is 5.78. The van der Waals surface area contributed by atoms with Crippen LogP contribution in [0.25, 0.3) is 0 Å². The van der Waals surface area contributed by atoms with E-state index in [0.717, 1.165) is 0 Å². The molecule has 9 heteroatoms. The summed E-state index contributed by atoms with van der Waals surface area (Å²) >= 11 is 27.6. The third-order valence-electron chi connectivity index (χ3n) is 1.43. The maximum absolute atomic E-state index is 5.56. The third-order valence-corrected chi connectivity index (χ3v) is 2.60. The summed E-state index contributed by atoms with van der Waals surface area (Å²) < 4.78 is -1.67. The Morgan fingerprint density at radius 3 is 1.94 bits per heavy atom. The van der Waals surface area contributed by atoms with Gasteiger partial charge in [0.25, 0.3) is 0 Å². The van der Waals surface area contributed by atoms with Gasteiger partial charge in [0.2, 0.25) is 3.79 Å². The lowest BCUT2D eigenvalue weighted by atomic mass is 10.6. The molecule has 0 fully saturated rings. The van der Waals surface area contributed by atoms with Crippen LogP contribution in [0.3, 0.4) is 0 Å². The summed E-state index contributed by atoms with van der Waals surface area (Å²) in [6.45, 7) is 0. The molecular weight excluding hydrogens is 341 g/mol. The van der Waals surface area contributed by atoms with Crippen LogP contribution in [0.2, 0.25) is 10.2 Å². The van der Waals surface area contributed by atoms with Crippen molar-refractivity contribution in [2.24, 2.45) is 0 Å². The highest BCUT2D eigenvalue weighted by molar-refractivity contribution is 6.66. The van der Waals surface area contributed by atoms with Gasteiger partial charge in [0.05, 0.1) is 11.2 Å². The van der Waals surface area contributed by atoms with E-state index in [2.05, 4.69) is 19.9 Å². The number of aromatic nitrogens is 4. The van der Waals surface area contributed by atoms with Crippen molar-refractivity contribution in [2.45, 2.75) is 3.79 Å². The molecule has 0 atom stereocenters. The topological polar surface area (TPSA) is 51.6 Å². The highest BCUT2D eigenvalue weighted by Crippen LogP contribution is 2.36. The molecule has 2 aromatic rings. The van der Waals surface area contributed by atoms with Crippen LogP contribution in [-0.2, 0) is 3.79 Å². The van der Waals surface area contributed by atoms with Gasteiger partial charge in [0.15, 0.2) is 11.0 Å². The third kappa shape index (κ3) is 5.50. The molecule has 0 aliphatic rings. The summed E-state index contributed by atoms with van der Waals surface area (Å²) in [5.74, 6) is 0.00176. The number of nitrogens with zero attached hydrogens (tertiary/aromatic N) is 4. The van der Waals surface area contributed by atoms with Crippen molar-refractivity contribution < 1.29 is 0 Å². The molecule has 4 nitrogen and oxygen atoms in total. The summed E-state index contributed by atoms with van der Waals surface area (Å²) in [5.41, 5.74) is 0. The fourth-order valence-electron chi connectivity index (χ4n) is 0.736. The zero-order chi connectivity index (χ0) is 13.6. The van der Waals surface area contributed by atoms with Crippen molar-refractivity contribution >= 4 is 58.0 Å². The van der Waals surface area contributed by atoms with Gasteiger partial charge in [-0.05, 0) is 6.07 Å². The Morgan fingerprint density at radius 1 is 1.00 bits per heavy atom. The number of alkyl halides is 3. The van der Waals surface area contributed by atoms with E-state index in [4.69, 9.17) is 58.0 Å². The number of hydrogen-bond donors (Lipinski definition) is 0. The summed E-state index contributed by atoms with van der Waals surface area (Å²) in [5, 5.41) is 0.280. The van der Waals surface area contributed by atoms with E-state index in [1.165, 1.54) is 12.5 Å². The molecule has 2 heterocycles. The molecule has 0 N–H and O–H groups in total. The first-order valence-electron chi connectivity index (χ1n) is 4.36. The van der Waals surface area contributed by atoms with E-state index >= 15 is 0 Å². The van der Waals surface area contributed by atoms with Crippen molar-refractivity contribution in [2.75, 3.05) is 0 Å². The normalized spacial score (nSPS) is 10.5. The lowest BCUT2D eigenvalue weighted by Gasteiger charge is -2.08. The van der Waals surface area contributed by atoms with Crippen LogP contribution in [0.1, 0.15) is 5.82 Å². The van der Waals surface area contributed by atoms with Gasteiger partial charge < -0.3 is 0 Å². The number of rotatable bonds is 0. The van der Waals surface area contributed by atoms with E-state index in [1.54, 1.807) is 18.5 Å². The second-order valence-electron chi connectivity index (χ2n) is 2.73. The standard InChI is InChI=1S/C5HCl5N2.C4H4N2/c6-2-1-11-4(5(8,9)10)12-3(2)7;1-2-5-4-6-3-1/h1H;1-4H. The molecule has 0 amide bonds. The van der Waals surface area contributed by atoms with E-state index < -0.39 is 3.79 Å². The van der Waals surface area contributed by atoms with Crippen molar-refractivity contribution in [3.63, 3.8) is 0 Å². The number of hydrogen-bond acceptors (Lipinski definition) is 4. The lowest BCUT2D eigenvalue weighted by Crippen LogP contribution is -2.06. The Hall–Kier alpha value is -0.390. The molecule has 0 radical (unpaired) electrons. The van der Waals surface area contributed by atoms with Crippen molar-refractivity contribution in [3.8, 4) is 0 Å². The van der Waals surface area contributed by atoms with Crippen LogP contribution in [0.4, 0.5) is 0 Å². The number of halogens is 5. The smallest absolute Gasteiger partial charge is 0.245 e. The molecule has 0 unspecified atom stereocenters. The zero-order valence-electron chi connectivity index (χ0n) is 8.57. The molecule has 0 aliphatic heterocycles. The molecule has 0 spiro atoms. The van der Waals surface area contributed by atoms with Crippen molar-refractivity contribution in [3.05, 3.63) is 47.0 Å². The first kappa shape index (κ1) is 15.7. The van der Waals surface area contributed by atoms with Gasteiger partial charge >= 0.3 is 0 Å². The largest absolute Gasteiger partial charge is 0.250 e. The molecule has 0 bridgehead atoms. The Balaban J connectivity index is 0.000000225. The molecule has 18 heavy (non-hydrogen) atoms. The van der Waals surface area contributed by atoms with Gasteiger partial charge in [-0.25, -0.2) is 19.9 Å². The summed E-state index contributed by atoms with van der Waals surface area (Å²) in [7, 11) is 0. The van der Waals surface area contributed by atoms with E-state index in [0.29, 0.717) is 0 Å². The highest BCUT2D eigenvalue weighted by atomic mass is 35.6. The average molecular weight is 346 g/mol. The van der Waals surface area contributed by atoms with Crippen molar-refractivity contribution in [1.29, 1.82) is 0 Å². The predicted molar refractivity (Wildman–Crippen MR) is 73.3 cm³/mol. The van der Waals surface area contributed by atoms with Gasteiger partial charge in [-0.15, -0.1) is 0 Å². The second kappa shape index (κ2) is 7.26. The predicted octanol–water partition coefficient (Wildman–Crippen LogP) is 4.09. The Kier molecular flexibility index (Phi) is 6.32. The monoisotopic (exact) mass is 344 g/mol. The van der Waals surface area contributed by atoms with Crippen molar-refractivity contribution in [1.82, 2.24) is 19.9 Å². The fourth-order valence-corrected chi connectivity index (χ4v) is 1.23. The minimum Gasteiger partial charge on any atom is -0.245 e. The molecule has 2 aromatic heterocycles. The fraction of sp³-hybridized carbons (Fsp3) is 0.111. The van der Waals surface area contributed by atoms with Gasteiger partial charge in [-0.1, -0.05) is 58.0 Å². The summed E-state index contributed by atoms with van der Waals surface area (Å²) in [6, 6.07) is 1.78. The average Bonchev–Trinajstić information content (AvgIpc) is 2.34. The van der Waals surface area contributed by atoms with Gasteiger partial charge in [-0.2, -0.15) is 0 Å². The Labute approximate surface area is 128 Å². The molecule has 96 valence electrons. The maximum atomic E-state index is 5.56. The van der Waals surface area contributed by atoms with E-state index in [-0.39, 0.29) is 16.0 Å². The van der Waals surface area contributed by atoms with Gasteiger partial charge in [0.1, 0.15) is 6.33 Å². The zero-order valence-corrected chi connectivity index (χ0v) is 12.3. The van der Waals surface area contributed by atoms with Gasteiger partial charge in [-0.3, -0.25) is 0 Å².